The minimum absolute atomic E-state index is 0.408. The lowest BCUT2D eigenvalue weighted by atomic mass is 10.0. The van der Waals surface area contributed by atoms with Crippen LogP contribution >= 0.6 is 15.9 Å². The van der Waals surface area contributed by atoms with Gasteiger partial charge in [-0.25, -0.2) is 0 Å². The van der Waals surface area contributed by atoms with Gasteiger partial charge < -0.3 is 10.1 Å². The van der Waals surface area contributed by atoms with Crippen LogP contribution in [0.1, 0.15) is 38.3 Å². The first-order valence-electron chi connectivity index (χ1n) is 8.05. The first kappa shape index (κ1) is 16.9. The number of nitrogens with one attached hydrogen (secondary N) is 1. The summed E-state index contributed by atoms with van der Waals surface area (Å²) in [5.74, 6) is 0. The van der Waals surface area contributed by atoms with Crippen LogP contribution in [0.25, 0.3) is 0 Å². The third-order valence-electron chi connectivity index (χ3n) is 4.26. The van der Waals surface area contributed by atoms with Gasteiger partial charge in [-0.3, -0.25) is 4.90 Å². The van der Waals surface area contributed by atoms with Gasteiger partial charge in [-0.15, -0.1) is 0 Å². The van der Waals surface area contributed by atoms with E-state index in [-0.39, 0.29) is 0 Å². The molecule has 0 radical (unpaired) electrons. The number of benzene rings is 1. The summed E-state index contributed by atoms with van der Waals surface area (Å²) in [4.78, 5) is 2.59. The van der Waals surface area contributed by atoms with Crippen LogP contribution in [0.15, 0.2) is 28.7 Å². The Morgan fingerprint density at radius 2 is 2.19 bits per heavy atom. The van der Waals surface area contributed by atoms with Crippen molar-refractivity contribution in [2.45, 2.75) is 38.8 Å². The molecular formula is C17H27BrN2O. The average molecular weight is 355 g/mol. The van der Waals surface area contributed by atoms with E-state index >= 15 is 0 Å². The van der Waals surface area contributed by atoms with Crippen LogP contribution in [-0.4, -0.2) is 43.8 Å². The number of hydrogen-bond acceptors (Lipinski definition) is 3. The van der Waals surface area contributed by atoms with E-state index in [0.717, 1.165) is 39.3 Å². The van der Waals surface area contributed by atoms with Crippen LogP contribution < -0.4 is 5.32 Å². The zero-order chi connectivity index (χ0) is 15.1. The van der Waals surface area contributed by atoms with Crippen LogP contribution in [0, 0.1) is 0 Å². The summed E-state index contributed by atoms with van der Waals surface area (Å²) in [7, 11) is 0. The minimum atomic E-state index is 0.408. The molecule has 1 heterocycles. The van der Waals surface area contributed by atoms with E-state index in [1.54, 1.807) is 0 Å². The van der Waals surface area contributed by atoms with Crippen molar-refractivity contribution in [2.24, 2.45) is 0 Å². The first-order valence-corrected chi connectivity index (χ1v) is 8.85. The summed E-state index contributed by atoms with van der Waals surface area (Å²) in [6.07, 6.45) is 2.30. The lowest BCUT2D eigenvalue weighted by Gasteiger charge is -2.36. The summed E-state index contributed by atoms with van der Waals surface area (Å²) >= 11 is 3.68. The normalized spacial score (nSPS) is 21.4. The predicted molar refractivity (Wildman–Crippen MR) is 91.6 cm³/mol. The Kier molecular flexibility index (Phi) is 7.17. The van der Waals surface area contributed by atoms with Gasteiger partial charge in [-0.1, -0.05) is 48.0 Å². The highest BCUT2D eigenvalue weighted by molar-refractivity contribution is 9.10. The largest absolute Gasteiger partial charge is 0.378 e. The summed E-state index contributed by atoms with van der Waals surface area (Å²) in [5.41, 5.74) is 1.36. The maximum Gasteiger partial charge on any atom is 0.0622 e. The smallest absolute Gasteiger partial charge is 0.0622 e. The topological polar surface area (TPSA) is 24.5 Å². The van der Waals surface area contributed by atoms with Crippen LogP contribution in [-0.2, 0) is 4.74 Å². The van der Waals surface area contributed by atoms with Gasteiger partial charge in [0.1, 0.15) is 0 Å². The summed E-state index contributed by atoms with van der Waals surface area (Å²) < 4.78 is 6.80. The standard InChI is InChI=1S/C17H27BrN2O/c1-3-14-13-21-12-11-20(14)10-9-17(19-4-2)15-7-5-6-8-16(15)18/h5-8,14,17,19H,3-4,9-13H2,1-2H3. The number of halogens is 1. The monoisotopic (exact) mass is 354 g/mol. The van der Waals surface area contributed by atoms with Crippen molar-refractivity contribution in [1.82, 2.24) is 10.2 Å². The fourth-order valence-electron chi connectivity index (χ4n) is 3.03. The quantitative estimate of drug-likeness (QED) is 0.809. The molecule has 1 aromatic carbocycles. The Bertz CT molecular complexity index is 427. The molecule has 0 amide bonds. The molecule has 1 saturated heterocycles. The Labute approximate surface area is 137 Å². The molecule has 1 aliphatic rings. The molecule has 0 spiro atoms. The van der Waals surface area contributed by atoms with Crippen LogP contribution in [0.3, 0.4) is 0 Å². The average Bonchev–Trinajstić information content (AvgIpc) is 2.52. The number of nitrogens with zero attached hydrogens (tertiary/aromatic N) is 1. The predicted octanol–water partition coefficient (Wildman–Crippen LogP) is 3.60. The maximum absolute atomic E-state index is 5.60. The SMILES string of the molecule is CCNC(CCN1CCOCC1CC)c1ccccc1Br. The van der Waals surface area contributed by atoms with E-state index in [0.29, 0.717) is 12.1 Å². The second kappa shape index (κ2) is 8.89. The van der Waals surface area contributed by atoms with Crippen molar-refractivity contribution in [3.05, 3.63) is 34.3 Å². The third kappa shape index (κ3) is 4.78. The van der Waals surface area contributed by atoms with Crippen molar-refractivity contribution in [2.75, 3.05) is 32.8 Å². The van der Waals surface area contributed by atoms with Crippen LogP contribution in [0.2, 0.25) is 0 Å². The molecule has 2 atom stereocenters. The van der Waals surface area contributed by atoms with Gasteiger partial charge in [-0.2, -0.15) is 0 Å². The van der Waals surface area contributed by atoms with Crippen LogP contribution in [0.5, 0.6) is 0 Å². The Hall–Kier alpha value is -0.420. The van der Waals surface area contributed by atoms with Crippen LogP contribution in [0.4, 0.5) is 0 Å². The maximum atomic E-state index is 5.60. The first-order chi connectivity index (χ1) is 10.3. The molecule has 118 valence electrons. The Morgan fingerprint density at radius 3 is 2.90 bits per heavy atom. The highest BCUT2D eigenvalue weighted by Gasteiger charge is 2.22. The highest BCUT2D eigenvalue weighted by Crippen LogP contribution is 2.26. The van der Waals surface area contributed by atoms with E-state index in [2.05, 4.69) is 64.3 Å². The molecule has 1 fully saturated rings. The van der Waals surface area contributed by atoms with Crippen molar-refractivity contribution in [1.29, 1.82) is 0 Å². The second-order valence-electron chi connectivity index (χ2n) is 5.59. The summed E-state index contributed by atoms with van der Waals surface area (Å²) in [6, 6.07) is 9.53. The highest BCUT2D eigenvalue weighted by atomic mass is 79.9. The fraction of sp³-hybridized carbons (Fsp3) is 0.647. The lowest BCUT2D eigenvalue weighted by molar-refractivity contribution is -0.0100. The lowest BCUT2D eigenvalue weighted by Crippen LogP contribution is -2.46. The van der Waals surface area contributed by atoms with Crippen molar-refractivity contribution < 1.29 is 4.74 Å². The molecule has 3 nitrogen and oxygen atoms in total. The Morgan fingerprint density at radius 1 is 1.38 bits per heavy atom. The van der Waals surface area contributed by atoms with E-state index in [1.807, 2.05) is 0 Å². The zero-order valence-corrected chi connectivity index (χ0v) is 14.7. The van der Waals surface area contributed by atoms with Gasteiger partial charge in [0.2, 0.25) is 0 Å². The fourth-order valence-corrected chi connectivity index (χ4v) is 3.59. The number of morpholine rings is 1. The van der Waals surface area contributed by atoms with E-state index < -0.39 is 0 Å². The van der Waals surface area contributed by atoms with Crippen molar-refractivity contribution >= 4 is 15.9 Å². The third-order valence-corrected chi connectivity index (χ3v) is 4.98. The summed E-state index contributed by atoms with van der Waals surface area (Å²) in [6.45, 7) is 9.37. The number of rotatable bonds is 7. The minimum Gasteiger partial charge on any atom is -0.378 e. The zero-order valence-electron chi connectivity index (χ0n) is 13.1. The molecule has 1 aliphatic heterocycles. The molecular weight excluding hydrogens is 328 g/mol. The van der Waals surface area contributed by atoms with Gasteiger partial charge in [0.15, 0.2) is 0 Å². The molecule has 0 bridgehead atoms. The van der Waals surface area contributed by atoms with Crippen molar-refractivity contribution in [3.63, 3.8) is 0 Å². The van der Waals surface area contributed by atoms with Gasteiger partial charge in [0, 0.05) is 29.6 Å². The second-order valence-corrected chi connectivity index (χ2v) is 6.45. The number of ether oxygens (including phenoxy) is 1. The van der Waals surface area contributed by atoms with Gasteiger partial charge in [0.25, 0.3) is 0 Å². The van der Waals surface area contributed by atoms with Crippen molar-refractivity contribution in [3.8, 4) is 0 Å². The molecule has 2 rings (SSSR count). The van der Waals surface area contributed by atoms with Gasteiger partial charge in [0.05, 0.1) is 13.2 Å². The van der Waals surface area contributed by atoms with Gasteiger partial charge >= 0.3 is 0 Å². The molecule has 1 N–H and O–H groups in total. The molecule has 0 aliphatic carbocycles. The Balaban J connectivity index is 1.98. The molecule has 2 unspecified atom stereocenters. The summed E-state index contributed by atoms with van der Waals surface area (Å²) in [5, 5.41) is 3.62. The van der Waals surface area contributed by atoms with E-state index in [9.17, 15) is 0 Å². The molecule has 0 aromatic heterocycles. The molecule has 1 aromatic rings. The molecule has 4 heteroatoms. The molecule has 0 saturated carbocycles. The van der Waals surface area contributed by atoms with E-state index in [4.69, 9.17) is 4.74 Å². The van der Waals surface area contributed by atoms with Gasteiger partial charge in [-0.05, 0) is 31.0 Å². The number of hydrogen-bond donors (Lipinski definition) is 1. The molecule has 21 heavy (non-hydrogen) atoms. The van der Waals surface area contributed by atoms with E-state index in [1.165, 1.54) is 16.5 Å².